The van der Waals surface area contributed by atoms with Gasteiger partial charge < -0.3 is 5.32 Å². The predicted molar refractivity (Wildman–Crippen MR) is 79.9 cm³/mol. The van der Waals surface area contributed by atoms with E-state index in [9.17, 15) is 0 Å². The number of aryl methyl sites for hydroxylation is 1. The molecule has 2 N–H and O–H groups in total. The fraction of sp³-hybridized carbons (Fsp3) is 0.375. The molecule has 4 heteroatoms. The largest absolute Gasteiger partial charge is 0.313 e. The third kappa shape index (κ3) is 3.94. The number of hydrogen-bond acceptors (Lipinski definition) is 3. The highest BCUT2D eigenvalue weighted by Gasteiger charge is 2.07. The fourth-order valence-corrected chi connectivity index (χ4v) is 2.17. The first-order valence-corrected chi connectivity index (χ1v) is 6.98. The molecule has 0 fully saturated rings. The van der Waals surface area contributed by atoms with Gasteiger partial charge in [-0.1, -0.05) is 23.8 Å². The van der Waals surface area contributed by atoms with Crippen LogP contribution in [0.5, 0.6) is 0 Å². The first-order chi connectivity index (χ1) is 9.81. The molecular weight excluding hydrogens is 248 g/mol. The summed E-state index contributed by atoms with van der Waals surface area (Å²) in [5.41, 5.74) is 4.67. The van der Waals surface area contributed by atoms with Crippen molar-refractivity contribution in [2.45, 2.75) is 32.7 Å². The maximum Gasteiger partial charge on any atom is 0.0695 e. The van der Waals surface area contributed by atoms with Gasteiger partial charge in [0.1, 0.15) is 0 Å². The van der Waals surface area contributed by atoms with Crippen molar-refractivity contribution in [2.24, 2.45) is 0 Å². The molecule has 0 bridgehead atoms. The summed E-state index contributed by atoms with van der Waals surface area (Å²) in [7, 11) is 0. The van der Waals surface area contributed by atoms with Crippen molar-refractivity contribution in [3.8, 4) is 17.3 Å². The Labute approximate surface area is 119 Å². The first kappa shape index (κ1) is 14.3. The number of hydrogen-bond donors (Lipinski definition) is 2. The van der Waals surface area contributed by atoms with Gasteiger partial charge in [0, 0.05) is 24.1 Å². The standard InChI is InChI=1S/C16H20N4/c1-13-6-5-7-14(10-13)16-15(12-19-20-16)11-18-9-4-2-3-8-17/h5-7,10,12,18H,2-4,9,11H2,1H3,(H,19,20). The zero-order valence-electron chi connectivity index (χ0n) is 11.8. The van der Waals surface area contributed by atoms with E-state index in [1.807, 2.05) is 6.20 Å². The molecule has 0 aliphatic heterocycles. The number of aromatic nitrogens is 2. The van der Waals surface area contributed by atoms with E-state index in [1.165, 1.54) is 16.7 Å². The molecule has 0 atom stereocenters. The summed E-state index contributed by atoms with van der Waals surface area (Å²) in [6, 6.07) is 10.6. The fourth-order valence-electron chi connectivity index (χ4n) is 2.17. The van der Waals surface area contributed by atoms with Crippen LogP contribution < -0.4 is 5.32 Å². The maximum atomic E-state index is 8.48. The van der Waals surface area contributed by atoms with Crippen molar-refractivity contribution >= 4 is 0 Å². The Balaban J connectivity index is 1.91. The minimum atomic E-state index is 0.641. The van der Waals surface area contributed by atoms with Gasteiger partial charge in [0.25, 0.3) is 0 Å². The molecule has 4 nitrogen and oxygen atoms in total. The molecule has 104 valence electrons. The lowest BCUT2D eigenvalue weighted by Crippen LogP contribution is -2.14. The second-order valence-electron chi connectivity index (χ2n) is 4.93. The van der Waals surface area contributed by atoms with Crippen molar-refractivity contribution in [1.82, 2.24) is 15.5 Å². The lowest BCUT2D eigenvalue weighted by molar-refractivity contribution is 0.629. The molecule has 0 unspecified atom stereocenters. The molecule has 1 aromatic carbocycles. The monoisotopic (exact) mass is 268 g/mol. The van der Waals surface area contributed by atoms with Crippen LogP contribution in [-0.4, -0.2) is 16.7 Å². The summed E-state index contributed by atoms with van der Waals surface area (Å²) in [4.78, 5) is 0. The summed E-state index contributed by atoms with van der Waals surface area (Å²) < 4.78 is 0. The van der Waals surface area contributed by atoms with Gasteiger partial charge in [0.15, 0.2) is 0 Å². The molecule has 0 radical (unpaired) electrons. The Morgan fingerprint density at radius 1 is 1.35 bits per heavy atom. The van der Waals surface area contributed by atoms with E-state index in [0.717, 1.165) is 31.6 Å². The lowest BCUT2D eigenvalue weighted by Gasteiger charge is -2.06. The maximum absolute atomic E-state index is 8.48. The molecule has 0 amide bonds. The van der Waals surface area contributed by atoms with Gasteiger partial charge in [-0.05, 0) is 32.4 Å². The number of nitriles is 1. The van der Waals surface area contributed by atoms with Crippen LogP contribution in [0.3, 0.4) is 0 Å². The number of nitrogens with one attached hydrogen (secondary N) is 2. The van der Waals surface area contributed by atoms with E-state index in [1.54, 1.807) is 0 Å². The Hall–Kier alpha value is -2.12. The minimum absolute atomic E-state index is 0.641. The molecular formula is C16H20N4. The van der Waals surface area contributed by atoms with Gasteiger partial charge in [-0.3, -0.25) is 5.10 Å². The number of aromatic amines is 1. The molecule has 0 aliphatic rings. The van der Waals surface area contributed by atoms with E-state index in [-0.39, 0.29) is 0 Å². The van der Waals surface area contributed by atoms with Gasteiger partial charge in [-0.25, -0.2) is 0 Å². The topological polar surface area (TPSA) is 64.5 Å². The number of benzene rings is 1. The van der Waals surface area contributed by atoms with Crippen molar-refractivity contribution in [3.05, 3.63) is 41.6 Å². The van der Waals surface area contributed by atoms with Crippen LogP contribution in [0.1, 0.15) is 30.4 Å². The molecule has 1 aromatic heterocycles. The number of nitrogens with zero attached hydrogens (tertiary/aromatic N) is 2. The SMILES string of the molecule is Cc1cccc(-c2[nH]ncc2CNCCCCC#N)c1. The molecule has 0 aliphatic carbocycles. The van der Waals surface area contributed by atoms with Gasteiger partial charge >= 0.3 is 0 Å². The number of unbranched alkanes of at least 4 members (excludes halogenated alkanes) is 2. The minimum Gasteiger partial charge on any atom is -0.313 e. The molecule has 2 rings (SSSR count). The van der Waals surface area contributed by atoms with Crippen LogP contribution in [-0.2, 0) is 6.54 Å². The van der Waals surface area contributed by atoms with Crippen LogP contribution >= 0.6 is 0 Å². The summed E-state index contributed by atoms with van der Waals surface area (Å²) in [5.74, 6) is 0. The lowest BCUT2D eigenvalue weighted by atomic mass is 10.1. The molecule has 0 spiro atoms. The summed E-state index contributed by atoms with van der Waals surface area (Å²) in [6.45, 7) is 3.82. The molecule has 0 saturated heterocycles. The van der Waals surface area contributed by atoms with E-state index in [4.69, 9.17) is 5.26 Å². The Morgan fingerprint density at radius 3 is 3.05 bits per heavy atom. The average Bonchev–Trinajstić information content (AvgIpc) is 2.91. The van der Waals surface area contributed by atoms with Crippen molar-refractivity contribution in [2.75, 3.05) is 6.54 Å². The highest BCUT2D eigenvalue weighted by atomic mass is 15.1. The van der Waals surface area contributed by atoms with E-state index in [2.05, 4.69) is 52.8 Å². The third-order valence-corrected chi connectivity index (χ3v) is 3.23. The van der Waals surface area contributed by atoms with Gasteiger partial charge in [0.2, 0.25) is 0 Å². The van der Waals surface area contributed by atoms with Crippen molar-refractivity contribution in [1.29, 1.82) is 5.26 Å². The number of H-pyrrole nitrogens is 1. The highest BCUT2D eigenvalue weighted by molar-refractivity contribution is 5.63. The van der Waals surface area contributed by atoms with Gasteiger partial charge in [-0.2, -0.15) is 10.4 Å². The normalized spacial score (nSPS) is 10.4. The predicted octanol–water partition coefficient (Wildman–Crippen LogP) is 3.17. The Morgan fingerprint density at radius 2 is 2.25 bits per heavy atom. The quantitative estimate of drug-likeness (QED) is 0.758. The van der Waals surface area contributed by atoms with Crippen LogP contribution in [0.25, 0.3) is 11.3 Å². The third-order valence-electron chi connectivity index (χ3n) is 3.23. The van der Waals surface area contributed by atoms with Crippen LogP contribution in [0.15, 0.2) is 30.5 Å². The first-order valence-electron chi connectivity index (χ1n) is 6.98. The zero-order chi connectivity index (χ0) is 14.2. The molecule has 1 heterocycles. The summed E-state index contributed by atoms with van der Waals surface area (Å²) in [6.07, 6.45) is 4.51. The number of rotatable bonds is 7. The van der Waals surface area contributed by atoms with E-state index >= 15 is 0 Å². The second-order valence-corrected chi connectivity index (χ2v) is 4.93. The second kappa shape index (κ2) is 7.46. The van der Waals surface area contributed by atoms with E-state index in [0.29, 0.717) is 6.42 Å². The summed E-state index contributed by atoms with van der Waals surface area (Å²) >= 11 is 0. The van der Waals surface area contributed by atoms with Gasteiger partial charge in [0.05, 0.1) is 18.0 Å². The smallest absolute Gasteiger partial charge is 0.0695 e. The van der Waals surface area contributed by atoms with Crippen LogP contribution in [0.4, 0.5) is 0 Å². The average molecular weight is 268 g/mol. The van der Waals surface area contributed by atoms with Crippen molar-refractivity contribution < 1.29 is 0 Å². The van der Waals surface area contributed by atoms with Crippen LogP contribution in [0, 0.1) is 18.3 Å². The Kier molecular flexibility index (Phi) is 5.33. The molecule has 20 heavy (non-hydrogen) atoms. The molecule has 2 aromatic rings. The zero-order valence-corrected chi connectivity index (χ0v) is 11.8. The van der Waals surface area contributed by atoms with Crippen molar-refractivity contribution in [3.63, 3.8) is 0 Å². The highest BCUT2D eigenvalue weighted by Crippen LogP contribution is 2.21. The Bertz CT molecular complexity index is 580. The van der Waals surface area contributed by atoms with E-state index < -0.39 is 0 Å². The van der Waals surface area contributed by atoms with Crippen LogP contribution in [0.2, 0.25) is 0 Å². The summed E-state index contributed by atoms with van der Waals surface area (Å²) in [5, 5.41) is 19.1. The van der Waals surface area contributed by atoms with Gasteiger partial charge in [-0.15, -0.1) is 0 Å². The molecule has 0 saturated carbocycles.